The topological polar surface area (TPSA) is 44.7 Å². The monoisotopic (exact) mass is 298 g/mol. The second kappa shape index (κ2) is 6.20. The molecule has 20 heavy (non-hydrogen) atoms. The van der Waals surface area contributed by atoms with Crippen LogP contribution in [-0.2, 0) is 6.54 Å². The van der Waals surface area contributed by atoms with Gasteiger partial charge in [0.2, 0.25) is 0 Å². The molecule has 0 saturated carbocycles. The molecule has 5 heteroatoms. The minimum Gasteiger partial charge on any atom is -0.504 e. The van der Waals surface area contributed by atoms with Crippen LogP contribution in [0.25, 0.3) is 0 Å². The molecular weight excluding hydrogens is 276 g/mol. The number of nitrogens with zero attached hydrogens (tertiary/aromatic N) is 1. The highest BCUT2D eigenvalue weighted by atomic mass is 35.5. The van der Waals surface area contributed by atoms with Crippen molar-refractivity contribution in [1.29, 1.82) is 0 Å². The van der Waals surface area contributed by atoms with Crippen LogP contribution in [0.5, 0.6) is 11.5 Å². The molecule has 1 aromatic carbocycles. The Morgan fingerprint density at radius 2 is 2.25 bits per heavy atom. The van der Waals surface area contributed by atoms with Crippen LogP contribution in [-0.4, -0.2) is 43.3 Å². The highest BCUT2D eigenvalue weighted by Gasteiger charge is 2.40. The lowest BCUT2D eigenvalue weighted by atomic mass is 9.86. The van der Waals surface area contributed by atoms with Crippen LogP contribution in [0.15, 0.2) is 18.2 Å². The smallest absolute Gasteiger partial charge is 0.164 e. The molecule has 2 saturated heterocycles. The van der Waals surface area contributed by atoms with Gasteiger partial charge in [-0.2, -0.15) is 0 Å². The van der Waals surface area contributed by atoms with Crippen molar-refractivity contribution < 1.29 is 9.84 Å². The molecule has 0 amide bonds. The van der Waals surface area contributed by atoms with E-state index in [1.54, 1.807) is 13.2 Å². The van der Waals surface area contributed by atoms with E-state index < -0.39 is 0 Å². The van der Waals surface area contributed by atoms with Gasteiger partial charge in [-0.05, 0) is 37.4 Å². The fourth-order valence-corrected chi connectivity index (χ4v) is 3.48. The second-order valence-electron chi connectivity index (χ2n) is 5.86. The first-order chi connectivity index (χ1) is 9.22. The number of aromatic hydroxyl groups is 1. The molecule has 2 N–H and O–H groups in total. The Labute approximate surface area is 126 Å². The first-order valence-corrected chi connectivity index (χ1v) is 7.00. The first-order valence-electron chi connectivity index (χ1n) is 7.00. The number of nitrogens with one attached hydrogen (secondary N) is 1. The Balaban J connectivity index is 0.00000147. The SMILES string of the molecule is COc1c(O)cccc1CN1CCC2(CCNC2)C1.Cl. The van der Waals surface area contributed by atoms with Crippen LogP contribution < -0.4 is 10.1 Å². The molecule has 2 fully saturated rings. The van der Waals surface area contributed by atoms with Crippen LogP contribution in [0, 0.1) is 5.41 Å². The second-order valence-corrected chi connectivity index (χ2v) is 5.86. The van der Waals surface area contributed by atoms with Gasteiger partial charge in [-0.1, -0.05) is 12.1 Å². The van der Waals surface area contributed by atoms with Crippen LogP contribution >= 0.6 is 12.4 Å². The van der Waals surface area contributed by atoms with Crippen LogP contribution in [0.1, 0.15) is 18.4 Å². The maximum absolute atomic E-state index is 9.82. The Bertz CT molecular complexity index is 461. The predicted octanol–water partition coefficient (Wildman–Crippen LogP) is 2.01. The van der Waals surface area contributed by atoms with E-state index >= 15 is 0 Å². The van der Waals surface area contributed by atoms with Gasteiger partial charge in [0.25, 0.3) is 0 Å². The summed E-state index contributed by atoms with van der Waals surface area (Å²) in [4.78, 5) is 2.48. The summed E-state index contributed by atoms with van der Waals surface area (Å²) in [6, 6.07) is 5.60. The van der Waals surface area contributed by atoms with E-state index in [1.165, 1.54) is 12.8 Å². The molecule has 0 aliphatic carbocycles. The van der Waals surface area contributed by atoms with E-state index in [0.717, 1.165) is 38.3 Å². The van der Waals surface area contributed by atoms with Crippen molar-refractivity contribution in [3.05, 3.63) is 23.8 Å². The Kier molecular flexibility index (Phi) is 4.78. The largest absolute Gasteiger partial charge is 0.504 e. The number of halogens is 1. The molecule has 112 valence electrons. The number of para-hydroxylation sites is 1. The minimum atomic E-state index is 0. The lowest BCUT2D eigenvalue weighted by molar-refractivity contribution is 0.264. The van der Waals surface area contributed by atoms with E-state index in [-0.39, 0.29) is 18.2 Å². The summed E-state index contributed by atoms with van der Waals surface area (Å²) in [5.74, 6) is 0.851. The van der Waals surface area contributed by atoms with Gasteiger partial charge in [0.05, 0.1) is 7.11 Å². The minimum absolute atomic E-state index is 0. The molecule has 2 heterocycles. The number of benzene rings is 1. The maximum Gasteiger partial charge on any atom is 0.164 e. The molecule has 0 radical (unpaired) electrons. The van der Waals surface area contributed by atoms with Gasteiger partial charge in [-0.15, -0.1) is 12.4 Å². The van der Waals surface area contributed by atoms with Gasteiger partial charge < -0.3 is 15.2 Å². The van der Waals surface area contributed by atoms with Crippen LogP contribution in [0.2, 0.25) is 0 Å². The average molecular weight is 299 g/mol. The molecule has 1 aromatic rings. The third kappa shape index (κ3) is 2.87. The molecule has 2 aliphatic rings. The summed E-state index contributed by atoms with van der Waals surface area (Å²) < 4.78 is 5.31. The molecule has 1 unspecified atom stereocenters. The molecule has 4 nitrogen and oxygen atoms in total. The molecule has 1 spiro atoms. The third-order valence-corrected chi connectivity index (χ3v) is 4.52. The maximum atomic E-state index is 9.82. The molecule has 2 aliphatic heterocycles. The van der Waals surface area contributed by atoms with Crippen LogP contribution in [0.3, 0.4) is 0 Å². The molecule has 1 atom stereocenters. The Morgan fingerprint density at radius 3 is 2.95 bits per heavy atom. The summed E-state index contributed by atoms with van der Waals surface area (Å²) in [5, 5.41) is 13.3. The number of methoxy groups -OCH3 is 1. The summed E-state index contributed by atoms with van der Waals surface area (Å²) in [6.45, 7) is 5.46. The highest BCUT2D eigenvalue weighted by molar-refractivity contribution is 5.85. The van der Waals surface area contributed by atoms with Gasteiger partial charge in [-0.25, -0.2) is 0 Å². The fourth-order valence-electron chi connectivity index (χ4n) is 3.48. The lowest BCUT2D eigenvalue weighted by Crippen LogP contribution is -2.29. The van der Waals surface area contributed by atoms with Gasteiger partial charge in [-0.3, -0.25) is 4.90 Å². The number of hydrogen-bond acceptors (Lipinski definition) is 4. The van der Waals surface area contributed by atoms with Crippen LogP contribution in [0.4, 0.5) is 0 Å². The van der Waals surface area contributed by atoms with Gasteiger partial charge in [0.1, 0.15) is 0 Å². The average Bonchev–Trinajstić information content (AvgIpc) is 3.01. The number of phenolic OH excluding ortho intramolecular Hbond substituents is 1. The predicted molar refractivity (Wildman–Crippen MR) is 81.7 cm³/mol. The Hall–Kier alpha value is -0.970. The number of phenols is 1. The number of likely N-dealkylation sites (tertiary alicyclic amines) is 1. The van der Waals surface area contributed by atoms with Crippen molar-refractivity contribution in [2.24, 2.45) is 5.41 Å². The normalized spacial score (nSPS) is 25.9. The molecule has 3 rings (SSSR count). The van der Waals surface area contributed by atoms with E-state index in [9.17, 15) is 5.11 Å². The van der Waals surface area contributed by atoms with E-state index in [1.807, 2.05) is 12.1 Å². The van der Waals surface area contributed by atoms with E-state index in [4.69, 9.17) is 4.74 Å². The lowest BCUT2D eigenvalue weighted by Gasteiger charge is -2.23. The first kappa shape index (κ1) is 15.4. The Morgan fingerprint density at radius 1 is 1.40 bits per heavy atom. The van der Waals surface area contributed by atoms with Crippen molar-refractivity contribution in [2.75, 3.05) is 33.3 Å². The van der Waals surface area contributed by atoms with Gasteiger partial charge in [0, 0.05) is 25.2 Å². The van der Waals surface area contributed by atoms with Crippen molar-refractivity contribution >= 4 is 12.4 Å². The van der Waals surface area contributed by atoms with Crippen molar-refractivity contribution in [2.45, 2.75) is 19.4 Å². The summed E-state index contributed by atoms with van der Waals surface area (Å²) >= 11 is 0. The quantitative estimate of drug-likeness (QED) is 0.896. The standard InChI is InChI=1S/C15H22N2O2.ClH/c1-19-14-12(3-2-4-13(14)18)9-17-8-6-15(11-17)5-7-16-10-15;/h2-4,16,18H,5-11H2,1H3;1H. The number of ether oxygens (including phenoxy) is 1. The van der Waals surface area contributed by atoms with E-state index in [2.05, 4.69) is 10.2 Å². The summed E-state index contributed by atoms with van der Waals surface area (Å²) in [7, 11) is 1.62. The van der Waals surface area contributed by atoms with Crippen molar-refractivity contribution in [1.82, 2.24) is 10.2 Å². The fraction of sp³-hybridized carbons (Fsp3) is 0.600. The van der Waals surface area contributed by atoms with Gasteiger partial charge >= 0.3 is 0 Å². The zero-order valence-electron chi connectivity index (χ0n) is 11.9. The van der Waals surface area contributed by atoms with Gasteiger partial charge in [0.15, 0.2) is 11.5 Å². The number of rotatable bonds is 3. The van der Waals surface area contributed by atoms with Crippen molar-refractivity contribution in [3.8, 4) is 11.5 Å². The molecule has 0 bridgehead atoms. The highest BCUT2D eigenvalue weighted by Crippen LogP contribution is 2.38. The third-order valence-electron chi connectivity index (χ3n) is 4.52. The summed E-state index contributed by atoms with van der Waals surface area (Å²) in [5.41, 5.74) is 1.56. The molecule has 0 aromatic heterocycles. The van der Waals surface area contributed by atoms with Crippen molar-refractivity contribution in [3.63, 3.8) is 0 Å². The zero-order chi connectivity index (χ0) is 13.3. The summed E-state index contributed by atoms with van der Waals surface area (Å²) in [6.07, 6.45) is 2.57. The zero-order valence-corrected chi connectivity index (χ0v) is 12.7. The number of hydrogen-bond donors (Lipinski definition) is 2. The molecular formula is C15H23ClN2O2. The van der Waals surface area contributed by atoms with E-state index in [0.29, 0.717) is 11.2 Å².